The summed E-state index contributed by atoms with van der Waals surface area (Å²) in [7, 11) is 1.44. The first-order valence-corrected chi connectivity index (χ1v) is 5.86. The lowest BCUT2D eigenvalue weighted by atomic mass is 10.0. The molecule has 0 aromatic heterocycles. The number of nitrogens with two attached hydrogens (primary N) is 1. The predicted molar refractivity (Wildman–Crippen MR) is 69.4 cm³/mol. The highest BCUT2D eigenvalue weighted by Crippen LogP contribution is 2.16. The van der Waals surface area contributed by atoms with Gasteiger partial charge in [-0.15, -0.1) is 0 Å². The van der Waals surface area contributed by atoms with Crippen LogP contribution in [0.15, 0.2) is 30.3 Å². The molecule has 4 N–H and O–H groups in total. The van der Waals surface area contributed by atoms with Crippen LogP contribution >= 0.6 is 0 Å². The molecular formula is C13H18N2O4. The first-order chi connectivity index (χ1) is 9.04. The summed E-state index contributed by atoms with van der Waals surface area (Å²) >= 11 is 0. The van der Waals surface area contributed by atoms with Crippen molar-refractivity contribution < 1.29 is 19.4 Å². The number of ether oxygens (including phenoxy) is 1. The molecular weight excluding hydrogens is 248 g/mol. The van der Waals surface area contributed by atoms with Gasteiger partial charge in [-0.25, -0.2) is 0 Å². The van der Waals surface area contributed by atoms with E-state index in [0.717, 1.165) is 5.56 Å². The number of amides is 1. The third kappa shape index (κ3) is 5.07. The normalized spacial score (nSPS) is 13.6. The summed E-state index contributed by atoms with van der Waals surface area (Å²) in [6, 6.07) is 7.49. The number of carbonyl (C=O) groups excluding carboxylic acids is 1. The molecule has 2 unspecified atom stereocenters. The van der Waals surface area contributed by atoms with Gasteiger partial charge in [0.05, 0.1) is 19.1 Å². The number of hydrogen-bond acceptors (Lipinski definition) is 4. The molecule has 0 fully saturated rings. The van der Waals surface area contributed by atoms with Crippen LogP contribution in [0.25, 0.3) is 0 Å². The lowest BCUT2D eigenvalue weighted by Gasteiger charge is -2.19. The summed E-state index contributed by atoms with van der Waals surface area (Å²) in [5, 5.41) is 11.5. The van der Waals surface area contributed by atoms with Gasteiger partial charge in [0.15, 0.2) is 0 Å². The fourth-order valence-electron chi connectivity index (χ4n) is 1.65. The minimum Gasteiger partial charge on any atom is -0.481 e. The van der Waals surface area contributed by atoms with E-state index in [4.69, 9.17) is 15.6 Å². The number of nitrogens with one attached hydrogen (secondary N) is 1. The van der Waals surface area contributed by atoms with Crippen LogP contribution in [-0.2, 0) is 14.3 Å². The number of rotatable bonds is 7. The van der Waals surface area contributed by atoms with Crippen LogP contribution in [0.3, 0.4) is 0 Å². The molecule has 0 spiro atoms. The van der Waals surface area contributed by atoms with Gasteiger partial charge in [-0.1, -0.05) is 30.3 Å². The van der Waals surface area contributed by atoms with E-state index < -0.39 is 24.0 Å². The van der Waals surface area contributed by atoms with Crippen molar-refractivity contribution >= 4 is 11.9 Å². The second-order valence-electron chi connectivity index (χ2n) is 4.13. The van der Waals surface area contributed by atoms with Gasteiger partial charge in [0.2, 0.25) is 5.91 Å². The highest BCUT2D eigenvalue weighted by atomic mass is 16.5. The maximum absolute atomic E-state index is 11.8. The molecule has 104 valence electrons. The van der Waals surface area contributed by atoms with E-state index in [2.05, 4.69) is 5.32 Å². The average Bonchev–Trinajstić information content (AvgIpc) is 2.38. The lowest BCUT2D eigenvalue weighted by molar-refractivity contribution is -0.137. The van der Waals surface area contributed by atoms with Gasteiger partial charge in [0.25, 0.3) is 0 Å². The zero-order valence-electron chi connectivity index (χ0n) is 10.7. The SMILES string of the molecule is COCC(N)C(=O)NC(CC(=O)O)c1ccccc1. The fraction of sp³-hybridized carbons (Fsp3) is 0.385. The van der Waals surface area contributed by atoms with Gasteiger partial charge in [-0.2, -0.15) is 0 Å². The maximum Gasteiger partial charge on any atom is 0.305 e. The molecule has 19 heavy (non-hydrogen) atoms. The van der Waals surface area contributed by atoms with Gasteiger partial charge < -0.3 is 20.9 Å². The summed E-state index contributed by atoms with van der Waals surface area (Å²) in [5.74, 6) is -1.42. The molecule has 1 aromatic rings. The Morgan fingerprint density at radius 1 is 1.37 bits per heavy atom. The van der Waals surface area contributed by atoms with Gasteiger partial charge in [-0.3, -0.25) is 9.59 Å². The minimum absolute atomic E-state index is 0.0837. The van der Waals surface area contributed by atoms with E-state index in [0.29, 0.717) is 0 Å². The van der Waals surface area contributed by atoms with Crippen LogP contribution in [0.1, 0.15) is 18.0 Å². The number of carboxylic acid groups (broad SMARTS) is 1. The van der Waals surface area contributed by atoms with Crippen molar-refractivity contribution in [1.29, 1.82) is 0 Å². The molecule has 0 radical (unpaired) electrons. The van der Waals surface area contributed by atoms with E-state index >= 15 is 0 Å². The largest absolute Gasteiger partial charge is 0.481 e. The Hall–Kier alpha value is -1.92. The summed E-state index contributed by atoms with van der Waals surface area (Å²) in [6.45, 7) is 0.0837. The number of methoxy groups -OCH3 is 1. The number of hydrogen-bond donors (Lipinski definition) is 3. The number of aliphatic carboxylic acids is 1. The zero-order valence-corrected chi connectivity index (χ0v) is 10.7. The molecule has 1 aromatic carbocycles. The van der Waals surface area contributed by atoms with E-state index in [1.54, 1.807) is 24.3 Å². The van der Waals surface area contributed by atoms with Gasteiger partial charge in [-0.05, 0) is 5.56 Å². The van der Waals surface area contributed by atoms with Crippen molar-refractivity contribution in [3.8, 4) is 0 Å². The molecule has 1 amide bonds. The quantitative estimate of drug-likeness (QED) is 0.658. The average molecular weight is 266 g/mol. The molecule has 6 nitrogen and oxygen atoms in total. The Kier molecular flexibility index (Phi) is 5.98. The van der Waals surface area contributed by atoms with Crippen molar-refractivity contribution in [1.82, 2.24) is 5.32 Å². The standard InChI is InChI=1S/C13H18N2O4/c1-19-8-10(14)13(18)15-11(7-12(16)17)9-5-3-2-4-6-9/h2-6,10-11H,7-8,14H2,1H3,(H,15,18)(H,16,17). The Morgan fingerprint density at radius 3 is 2.53 bits per heavy atom. The number of carboxylic acids is 1. The topological polar surface area (TPSA) is 102 Å². The second kappa shape index (κ2) is 7.50. The summed E-state index contributed by atoms with van der Waals surface area (Å²) in [5.41, 5.74) is 6.33. The van der Waals surface area contributed by atoms with Crippen molar-refractivity contribution in [2.24, 2.45) is 5.73 Å². The summed E-state index contributed by atoms with van der Waals surface area (Å²) in [6.07, 6.45) is -0.199. The van der Waals surface area contributed by atoms with Crippen LogP contribution in [0, 0.1) is 0 Å². The van der Waals surface area contributed by atoms with Gasteiger partial charge in [0, 0.05) is 7.11 Å². The number of benzene rings is 1. The van der Waals surface area contributed by atoms with Crippen molar-refractivity contribution in [3.05, 3.63) is 35.9 Å². The van der Waals surface area contributed by atoms with E-state index in [1.165, 1.54) is 7.11 Å². The molecule has 0 saturated heterocycles. The zero-order chi connectivity index (χ0) is 14.3. The van der Waals surface area contributed by atoms with Crippen LogP contribution in [0.5, 0.6) is 0 Å². The summed E-state index contributed by atoms with van der Waals surface area (Å²) < 4.78 is 4.79. The highest BCUT2D eigenvalue weighted by molar-refractivity contribution is 5.82. The third-order valence-corrected chi connectivity index (χ3v) is 2.58. The Balaban J connectivity index is 2.76. The maximum atomic E-state index is 11.8. The van der Waals surface area contributed by atoms with Crippen LogP contribution in [-0.4, -0.2) is 36.7 Å². The minimum atomic E-state index is -0.991. The Bertz CT molecular complexity index is 422. The summed E-state index contributed by atoms with van der Waals surface area (Å²) in [4.78, 5) is 22.6. The molecule has 2 atom stereocenters. The molecule has 0 aliphatic heterocycles. The predicted octanol–water partition coefficient (Wildman–Crippen LogP) is 0.292. The number of carbonyl (C=O) groups is 2. The van der Waals surface area contributed by atoms with E-state index in [-0.39, 0.29) is 13.0 Å². The van der Waals surface area contributed by atoms with Crippen LogP contribution in [0.2, 0.25) is 0 Å². The van der Waals surface area contributed by atoms with Gasteiger partial charge >= 0.3 is 5.97 Å². The van der Waals surface area contributed by atoms with Crippen LogP contribution < -0.4 is 11.1 Å². The van der Waals surface area contributed by atoms with Crippen molar-refractivity contribution in [3.63, 3.8) is 0 Å². The Labute approximate surface area is 111 Å². The second-order valence-corrected chi connectivity index (χ2v) is 4.13. The van der Waals surface area contributed by atoms with E-state index in [1.807, 2.05) is 6.07 Å². The third-order valence-electron chi connectivity index (χ3n) is 2.58. The lowest BCUT2D eigenvalue weighted by Crippen LogP contribution is -2.45. The molecule has 0 heterocycles. The molecule has 0 aliphatic carbocycles. The van der Waals surface area contributed by atoms with Gasteiger partial charge in [0.1, 0.15) is 6.04 Å². The molecule has 1 rings (SSSR count). The first kappa shape index (κ1) is 15.1. The van der Waals surface area contributed by atoms with Crippen molar-refractivity contribution in [2.75, 3.05) is 13.7 Å². The molecule has 0 bridgehead atoms. The Morgan fingerprint density at radius 2 is 2.00 bits per heavy atom. The fourth-order valence-corrected chi connectivity index (χ4v) is 1.65. The highest BCUT2D eigenvalue weighted by Gasteiger charge is 2.21. The van der Waals surface area contributed by atoms with E-state index in [9.17, 15) is 9.59 Å². The molecule has 0 aliphatic rings. The monoisotopic (exact) mass is 266 g/mol. The van der Waals surface area contributed by atoms with Crippen LogP contribution in [0.4, 0.5) is 0 Å². The first-order valence-electron chi connectivity index (χ1n) is 5.86. The smallest absolute Gasteiger partial charge is 0.305 e. The van der Waals surface area contributed by atoms with Crippen molar-refractivity contribution in [2.45, 2.75) is 18.5 Å². The molecule has 0 saturated carbocycles. The molecule has 6 heteroatoms.